The predicted molar refractivity (Wildman–Crippen MR) is 81.7 cm³/mol. The van der Waals surface area contributed by atoms with Crippen LogP contribution in [0.1, 0.15) is 71.6 Å². The van der Waals surface area contributed by atoms with E-state index in [1.807, 2.05) is 11.8 Å². The van der Waals surface area contributed by atoms with Gasteiger partial charge in [0, 0.05) is 6.04 Å². The van der Waals surface area contributed by atoms with Crippen molar-refractivity contribution in [2.45, 2.75) is 89.3 Å². The zero-order valence-electron chi connectivity index (χ0n) is 13.4. The highest BCUT2D eigenvalue weighted by atomic mass is 16.2. The molecule has 1 N–H and O–H groups in total. The Morgan fingerprint density at radius 2 is 1.81 bits per heavy atom. The molecule has 2 saturated carbocycles. The molecule has 1 spiro atoms. The van der Waals surface area contributed by atoms with Crippen LogP contribution in [-0.2, 0) is 9.59 Å². The van der Waals surface area contributed by atoms with Crippen LogP contribution in [-0.4, -0.2) is 34.3 Å². The standard InChI is InChI=1S/C17H28N2O2/c1-3-13-15(20)18-17(10-6-7-11-17)16(21)19(13)14-9-5-4-8-12(14)2/h12-14H,3-11H2,1-2H3,(H,18,20). The fraction of sp³-hybridized carbons (Fsp3) is 0.882. The smallest absolute Gasteiger partial charge is 0.249 e. The van der Waals surface area contributed by atoms with E-state index in [1.165, 1.54) is 19.3 Å². The Morgan fingerprint density at radius 3 is 2.43 bits per heavy atom. The van der Waals surface area contributed by atoms with E-state index >= 15 is 0 Å². The Hall–Kier alpha value is -1.06. The third-order valence-electron chi connectivity index (χ3n) is 5.91. The summed E-state index contributed by atoms with van der Waals surface area (Å²) in [5.74, 6) is 0.808. The van der Waals surface area contributed by atoms with Gasteiger partial charge >= 0.3 is 0 Å². The monoisotopic (exact) mass is 292 g/mol. The van der Waals surface area contributed by atoms with Crippen molar-refractivity contribution in [3.05, 3.63) is 0 Å². The van der Waals surface area contributed by atoms with E-state index in [2.05, 4.69) is 12.2 Å². The molecule has 0 radical (unpaired) electrons. The highest BCUT2D eigenvalue weighted by molar-refractivity contribution is 6.00. The quantitative estimate of drug-likeness (QED) is 0.850. The molecule has 0 aromatic heterocycles. The molecule has 1 aliphatic heterocycles. The van der Waals surface area contributed by atoms with Gasteiger partial charge in [-0.1, -0.05) is 39.5 Å². The van der Waals surface area contributed by atoms with Crippen LogP contribution in [0.15, 0.2) is 0 Å². The molecule has 118 valence electrons. The molecule has 2 amide bonds. The van der Waals surface area contributed by atoms with Gasteiger partial charge in [0.15, 0.2) is 0 Å². The molecule has 4 nitrogen and oxygen atoms in total. The van der Waals surface area contributed by atoms with Gasteiger partial charge in [0.05, 0.1) is 0 Å². The fourth-order valence-corrected chi connectivity index (χ4v) is 4.68. The molecule has 0 aromatic carbocycles. The Morgan fingerprint density at radius 1 is 1.14 bits per heavy atom. The maximum absolute atomic E-state index is 13.2. The van der Waals surface area contributed by atoms with Crippen LogP contribution in [0.3, 0.4) is 0 Å². The summed E-state index contributed by atoms with van der Waals surface area (Å²) < 4.78 is 0. The largest absolute Gasteiger partial charge is 0.340 e. The van der Waals surface area contributed by atoms with Crippen molar-refractivity contribution < 1.29 is 9.59 Å². The first kappa shape index (κ1) is 14.9. The second-order valence-electron chi connectivity index (χ2n) is 7.24. The number of carbonyl (C=O) groups is 2. The SMILES string of the molecule is CCC1C(=O)NC2(CCCC2)C(=O)N1C1CCCCC1C. The molecule has 0 bridgehead atoms. The first-order valence-electron chi connectivity index (χ1n) is 8.74. The molecule has 3 rings (SSSR count). The summed E-state index contributed by atoms with van der Waals surface area (Å²) in [4.78, 5) is 27.8. The fourth-order valence-electron chi connectivity index (χ4n) is 4.68. The summed E-state index contributed by atoms with van der Waals surface area (Å²) in [6.07, 6.45) is 9.16. The van der Waals surface area contributed by atoms with Crippen LogP contribution >= 0.6 is 0 Å². The molecule has 0 aromatic rings. The van der Waals surface area contributed by atoms with Crippen molar-refractivity contribution in [3.8, 4) is 0 Å². The van der Waals surface area contributed by atoms with Crippen molar-refractivity contribution in [1.82, 2.24) is 10.2 Å². The lowest BCUT2D eigenvalue weighted by molar-refractivity contribution is -0.160. The molecule has 2 aliphatic carbocycles. The zero-order valence-corrected chi connectivity index (χ0v) is 13.4. The molecular weight excluding hydrogens is 264 g/mol. The number of piperazine rings is 1. The van der Waals surface area contributed by atoms with Crippen LogP contribution in [0.5, 0.6) is 0 Å². The number of nitrogens with zero attached hydrogens (tertiary/aromatic N) is 1. The summed E-state index contributed by atoms with van der Waals surface area (Å²) in [6.45, 7) is 4.27. The van der Waals surface area contributed by atoms with Crippen LogP contribution in [0.2, 0.25) is 0 Å². The van der Waals surface area contributed by atoms with E-state index in [0.29, 0.717) is 5.92 Å². The molecule has 3 fully saturated rings. The summed E-state index contributed by atoms with van der Waals surface area (Å²) in [6, 6.07) is 0.00833. The summed E-state index contributed by atoms with van der Waals surface area (Å²) in [5, 5.41) is 3.10. The van der Waals surface area contributed by atoms with Gasteiger partial charge in [0.25, 0.3) is 0 Å². The van der Waals surface area contributed by atoms with Crippen LogP contribution in [0.4, 0.5) is 0 Å². The van der Waals surface area contributed by atoms with Gasteiger partial charge < -0.3 is 10.2 Å². The van der Waals surface area contributed by atoms with Crippen molar-refractivity contribution >= 4 is 11.8 Å². The van der Waals surface area contributed by atoms with Gasteiger partial charge in [-0.05, 0) is 38.0 Å². The maximum atomic E-state index is 13.2. The number of nitrogens with one attached hydrogen (secondary N) is 1. The van der Waals surface area contributed by atoms with Crippen LogP contribution in [0.25, 0.3) is 0 Å². The highest BCUT2D eigenvalue weighted by Crippen LogP contribution is 2.39. The van der Waals surface area contributed by atoms with Crippen molar-refractivity contribution in [2.75, 3.05) is 0 Å². The van der Waals surface area contributed by atoms with Gasteiger partial charge in [-0.15, -0.1) is 0 Å². The van der Waals surface area contributed by atoms with E-state index in [1.54, 1.807) is 0 Å². The van der Waals surface area contributed by atoms with Gasteiger partial charge in [-0.3, -0.25) is 9.59 Å². The summed E-state index contributed by atoms with van der Waals surface area (Å²) >= 11 is 0. The van der Waals surface area contributed by atoms with E-state index < -0.39 is 5.54 Å². The average Bonchev–Trinajstić information content (AvgIpc) is 2.93. The maximum Gasteiger partial charge on any atom is 0.249 e. The topological polar surface area (TPSA) is 49.4 Å². The Balaban J connectivity index is 1.92. The number of amides is 2. The van der Waals surface area contributed by atoms with Crippen LogP contribution in [0, 0.1) is 5.92 Å². The number of rotatable bonds is 2. The molecule has 3 atom stereocenters. The van der Waals surface area contributed by atoms with Crippen molar-refractivity contribution in [1.29, 1.82) is 0 Å². The minimum Gasteiger partial charge on any atom is -0.340 e. The lowest BCUT2D eigenvalue weighted by atomic mass is 9.81. The van der Waals surface area contributed by atoms with E-state index in [0.717, 1.165) is 38.5 Å². The minimum absolute atomic E-state index is 0.0803. The second-order valence-corrected chi connectivity index (χ2v) is 7.24. The normalized spacial score (nSPS) is 36.1. The third-order valence-corrected chi connectivity index (χ3v) is 5.91. The summed E-state index contributed by atoms with van der Waals surface area (Å²) in [5.41, 5.74) is -0.570. The molecule has 4 heteroatoms. The molecule has 1 saturated heterocycles. The highest BCUT2D eigenvalue weighted by Gasteiger charge is 2.53. The van der Waals surface area contributed by atoms with Crippen molar-refractivity contribution in [3.63, 3.8) is 0 Å². The second kappa shape index (κ2) is 5.62. The van der Waals surface area contributed by atoms with Crippen molar-refractivity contribution in [2.24, 2.45) is 5.92 Å². The Labute approximate surface area is 127 Å². The van der Waals surface area contributed by atoms with Gasteiger partial charge in [-0.2, -0.15) is 0 Å². The first-order chi connectivity index (χ1) is 10.1. The minimum atomic E-state index is -0.570. The molecule has 3 aliphatic rings. The number of hydrogen-bond donors (Lipinski definition) is 1. The number of carbonyl (C=O) groups excluding carboxylic acids is 2. The van der Waals surface area contributed by atoms with Crippen LogP contribution < -0.4 is 5.32 Å². The average molecular weight is 292 g/mol. The molecule has 1 heterocycles. The van der Waals surface area contributed by atoms with Gasteiger partial charge in [0.2, 0.25) is 11.8 Å². The molecule has 3 unspecified atom stereocenters. The van der Waals surface area contributed by atoms with Gasteiger partial charge in [0.1, 0.15) is 11.6 Å². The van der Waals surface area contributed by atoms with E-state index in [-0.39, 0.29) is 23.9 Å². The zero-order chi connectivity index (χ0) is 15.0. The van der Waals surface area contributed by atoms with E-state index in [9.17, 15) is 9.59 Å². The lowest BCUT2D eigenvalue weighted by Gasteiger charge is -2.50. The Bertz CT molecular complexity index is 429. The molecule has 21 heavy (non-hydrogen) atoms. The summed E-state index contributed by atoms with van der Waals surface area (Å²) in [7, 11) is 0. The number of hydrogen-bond acceptors (Lipinski definition) is 2. The Kier molecular flexibility index (Phi) is 3.98. The third kappa shape index (κ3) is 2.36. The van der Waals surface area contributed by atoms with E-state index in [4.69, 9.17) is 0 Å². The lowest BCUT2D eigenvalue weighted by Crippen LogP contribution is -2.71. The predicted octanol–water partition coefficient (Wildman–Crippen LogP) is 2.61. The first-order valence-corrected chi connectivity index (χ1v) is 8.74. The van der Waals surface area contributed by atoms with Gasteiger partial charge in [-0.25, -0.2) is 0 Å². The molecular formula is C17H28N2O2.